The number of rotatable bonds is 12. The molecule has 0 aliphatic rings. The van der Waals surface area contributed by atoms with E-state index in [2.05, 4.69) is 5.32 Å². The number of anilines is 1. The molecule has 39 heavy (non-hydrogen) atoms. The van der Waals surface area contributed by atoms with Crippen molar-refractivity contribution in [3.05, 3.63) is 83.4 Å². The van der Waals surface area contributed by atoms with Crippen LogP contribution in [0.3, 0.4) is 0 Å². The van der Waals surface area contributed by atoms with Crippen molar-refractivity contribution in [3.8, 4) is 11.5 Å². The van der Waals surface area contributed by atoms with Crippen molar-refractivity contribution in [2.45, 2.75) is 30.8 Å². The van der Waals surface area contributed by atoms with Gasteiger partial charge in [-0.05, 0) is 66.6 Å². The Hall–Kier alpha value is -3.76. The molecular formula is C28H32ClN3O6S. The first kappa shape index (κ1) is 29.8. The highest BCUT2D eigenvalue weighted by atomic mass is 35.5. The molecule has 0 fully saturated rings. The van der Waals surface area contributed by atoms with Gasteiger partial charge in [0.15, 0.2) is 0 Å². The minimum Gasteiger partial charge on any atom is -0.497 e. The lowest BCUT2D eigenvalue weighted by Crippen LogP contribution is -2.51. The molecule has 1 N–H and O–H groups in total. The lowest BCUT2D eigenvalue weighted by atomic mass is 10.1. The fourth-order valence-electron chi connectivity index (χ4n) is 4.09. The number of methoxy groups -OCH3 is 2. The van der Waals surface area contributed by atoms with Gasteiger partial charge in [-0.3, -0.25) is 13.9 Å². The van der Waals surface area contributed by atoms with Crippen molar-refractivity contribution in [1.82, 2.24) is 10.2 Å². The maximum absolute atomic E-state index is 13.9. The van der Waals surface area contributed by atoms with Gasteiger partial charge < -0.3 is 19.7 Å². The van der Waals surface area contributed by atoms with E-state index in [4.69, 9.17) is 21.1 Å². The molecule has 0 radical (unpaired) electrons. The normalized spacial score (nSPS) is 11.8. The maximum Gasteiger partial charge on any atom is 0.264 e. The number of hydrogen-bond acceptors (Lipinski definition) is 6. The van der Waals surface area contributed by atoms with Crippen LogP contribution in [0.4, 0.5) is 5.69 Å². The molecule has 0 saturated carbocycles. The number of amides is 2. The monoisotopic (exact) mass is 573 g/mol. The highest BCUT2D eigenvalue weighted by molar-refractivity contribution is 7.92. The molecule has 3 rings (SSSR count). The van der Waals surface area contributed by atoms with Crippen LogP contribution >= 0.6 is 11.6 Å². The van der Waals surface area contributed by atoms with Gasteiger partial charge in [-0.25, -0.2) is 8.42 Å². The number of sulfonamides is 1. The predicted octanol–water partition coefficient (Wildman–Crippen LogP) is 4.11. The first-order valence-electron chi connectivity index (χ1n) is 12.2. The summed E-state index contributed by atoms with van der Waals surface area (Å²) in [7, 11) is 0.293. The summed E-state index contributed by atoms with van der Waals surface area (Å²) in [5, 5.41) is 2.91. The molecular weight excluding hydrogens is 542 g/mol. The van der Waals surface area contributed by atoms with Crippen LogP contribution in [0.15, 0.2) is 77.7 Å². The van der Waals surface area contributed by atoms with Crippen LogP contribution in [0.1, 0.15) is 18.9 Å². The lowest BCUT2D eigenvalue weighted by Gasteiger charge is -2.33. The number of benzene rings is 3. The summed E-state index contributed by atoms with van der Waals surface area (Å²) >= 11 is 6.19. The van der Waals surface area contributed by atoms with Crippen LogP contribution < -0.4 is 19.1 Å². The van der Waals surface area contributed by atoms with Crippen molar-refractivity contribution in [2.24, 2.45) is 0 Å². The van der Waals surface area contributed by atoms with Crippen molar-refractivity contribution in [1.29, 1.82) is 0 Å². The molecule has 2 amide bonds. The van der Waals surface area contributed by atoms with Gasteiger partial charge in [0.2, 0.25) is 11.8 Å². The second-order valence-corrected chi connectivity index (χ2v) is 10.9. The fourth-order valence-corrected chi connectivity index (χ4v) is 5.68. The van der Waals surface area contributed by atoms with Gasteiger partial charge in [0, 0.05) is 18.6 Å². The van der Waals surface area contributed by atoms with E-state index in [1.807, 2.05) is 6.07 Å². The Morgan fingerprint density at radius 2 is 1.62 bits per heavy atom. The molecule has 11 heteroatoms. The molecule has 3 aromatic carbocycles. The molecule has 208 valence electrons. The van der Waals surface area contributed by atoms with Crippen molar-refractivity contribution >= 4 is 39.1 Å². The van der Waals surface area contributed by atoms with E-state index in [1.54, 1.807) is 43.3 Å². The first-order chi connectivity index (χ1) is 18.6. The molecule has 1 atom stereocenters. The zero-order chi connectivity index (χ0) is 28.6. The van der Waals surface area contributed by atoms with Crippen LogP contribution in [-0.4, -0.2) is 59.0 Å². The molecule has 0 saturated heterocycles. The average molecular weight is 574 g/mol. The highest BCUT2D eigenvalue weighted by Gasteiger charge is 2.33. The Morgan fingerprint density at radius 1 is 0.949 bits per heavy atom. The second-order valence-electron chi connectivity index (χ2n) is 8.58. The van der Waals surface area contributed by atoms with Crippen molar-refractivity contribution in [2.75, 3.05) is 32.1 Å². The van der Waals surface area contributed by atoms with Crippen LogP contribution in [0.5, 0.6) is 11.5 Å². The zero-order valence-corrected chi connectivity index (χ0v) is 23.8. The van der Waals surface area contributed by atoms with Crippen LogP contribution in [0, 0.1) is 0 Å². The standard InChI is InChI=1S/C28H32ClN3O6S/c1-5-26(28(34)30-2)31(18-20-8-6-11-24(16-20)38-4)27(33)19-32(22-10-7-9-21(29)17-22)39(35,36)25-14-12-23(37-3)13-15-25/h6-17,26H,5,18-19H2,1-4H3,(H,30,34)/t26-/m1/s1. The van der Waals surface area contributed by atoms with Gasteiger partial charge in [0.05, 0.1) is 24.8 Å². The topological polar surface area (TPSA) is 105 Å². The Bertz CT molecular complexity index is 1400. The maximum atomic E-state index is 13.9. The summed E-state index contributed by atoms with van der Waals surface area (Å²) in [6.07, 6.45) is 0.317. The highest BCUT2D eigenvalue weighted by Crippen LogP contribution is 2.28. The molecule has 0 bridgehead atoms. The first-order valence-corrected chi connectivity index (χ1v) is 14.0. The molecule has 0 unspecified atom stereocenters. The van der Waals surface area contributed by atoms with Gasteiger partial charge >= 0.3 is 0 Å². The Morgan fingerprint density at radius 3 is 2.21 bits per heavy atom. The quantitative estimate of drug-likeness (QED) is 0.350. The molecule has 0 aliphatic heterocycles. The van der Waals surface area contributed by atoms with Crippen molar-refractivity contribution in [3.63, 3.8) is 0 Å². The SMILES string of the molecule is CC[C@H](C(=O)NC)N(Cc1cccc(OC)c1)C(=O)CN(c1cccc(Cl)c1)S(=O)(=O)c1ccc(OC)cc1. The summed E-state index contributed by atoms with van der Waals surface area (Å²) in [5.74, 6) is 0.155. The van der Waals surface area contributed by atoms with Gasteiger partial charge in [0.1, 0.15) is 24.1 Å². The van der Waals surface area contributed by atoms with E-state index in [9.17, 15) is 18.0 Å². The number of likely N-dealkylation sites (N-methyl/N-ethyl adjacent to an activating group) is 1. The number of carbonyl (C=O) groups excluding carboxylic acids is 2. The summed E-state index contributed by atoms with van der Waals surface area (Å²) in [6.45, 7) is 1.29. The number of carbonyl (C=O) groups is 2. The smallest absolute Gasteiger partial charge is 0.264 e. The minimum absolute atomic E-state index is 0.0336. The van der Waals surface area contributed by atoms with Gasteiger partial charge in [-0.2, -0.15) is 0 Å². The summed E-state index contributed by atoms with van der Waals surface area (Å²) in [6, 6.07) is 18.4. The van der Waals surface area contributed by atoms with E-state index in [0.29, 0.717) is 22.9 Å². The summed E-state index contributed by atoms with van der Waals surface area (Å²) < 4.78 is 39.1. The molecule has 0 aromatic heterocycles. The fraction of sp³-hybridized carbons (Fsp3) is 0.286. The predicted molar refractivity (Wildman–Crippen MR) is 151 cm³/mol. The third-order valence-corrected chi connectivity index (χ3v) is 8.17. The number of ether oxygens (including phenoxy) is 2. The number of nitrogens with zero attached hydrogens (tertiary/aromatic N) is 2. The third kappa shape index (κ3) is 7.21. The van der Waals surface area contributed by atoms with Gasteiger partial charge in [-0.1, -0.05) is 36.7 Å². The molecule has 0 spiro atoms. The molecule has 3 aromatic rings. The Balaban J connectivity index is 2.06. The van der Waals surface area contributed by atoms with Crippen molar-refractivity contribution < 1.29 is 27.5 Å². The van der Waals surface area contributed by atoms with Crippen LogP contribution in [-0.2, 0) is 26.2 Å². The molecule has 9 nitrogen and oxygen atoms in total. The Labute approximate surface area is 234 Å². The van der Waals surface area contributed by atoms with Crippen LogP contribution in [0.25, 0.3) is 0 Å². The molecule has 0 aliphatic carbocycles. The lowest BCUT2D eigenvalue weighted by molar-refractivity contribution is -0.140. The number of hydrogen-bond donors (Lipinski definition) is 1. The van der Waals surface area contributed by atoms with E-state index in [0.717, 1.165) is 9.87 Å². The number of nitrogens with one attached hydrogen (secondary N) is 1. The van der Waals surface area contributed by atoms with E-state index in [1.165, 1.54) is 56.5 Å². The third-order valence-electron chi connectivity index (χ3n) is 6.14. The average Bonchev–Trinajstić information content (AvgIpc) is 2.95. The van der Waals surface area contributed by atoms with E-state index in [-0.39, 0.29) is 23.0 Å². The van der Waals surface area contributed by atoms with E-state index < -0.39 is 28.5 Å². The van der Waals surface area contributed by atoms with Crippen LogP contribution in [0.2, 0.25) is 5.02 Å². The summed E-state index contributed by atoms with van der Waals surface area (Å²) in [5.41, 5.74) is 0.929. The van der Waals surface area contributed by atoms with E-state index >= 15 is 0 Å². The minimum atomic E-state index is -4.22. The summed E-state index contributed by atoms with van der Waals surface area (Å²) in [4.78, 5) is 28.1. The zero-order valence-electron chi connectivity index (χ0n) is 22.3. The van der Waals surface area contributed by atoms with Gasteiger partial charge in [-0.15, -0.1) is 0 Å². The second kappa shape index (κ2) is 13.3. The Kier molecular flexibility index (Phi) is 10.2. The number of halogens is 1. The largest absolute Gasteiger partial charge is 0.497 e. The molecule has 0 heterocycles. The van der Waals surface area contributed by atoms with Gasteiger partial charge in [0.25, 0.3) is 10.0 Å².